The van der Waals surface area contributed by atoms with Crippen LogP contribution in [0.3, 0.4) is 0 Å². The van der Waals surface area contributed by atoms with Crippen LogP contribution in [0.5, 0.6) is 0 Å². The Morgan fingerprint density at radius 1 is 1.30 bits per heavy atom. The van der Waals surface area contributed by atoms with Crippen LogP contribution in [0, 0.1) is 5.92 Å². The highest BCUT2D eigenvalue weighted by Crippen LogP contribution is 2.27. The van der Waals surface area contributed by atoms with Crippen LogP contribution in [0.4, 0.5) is 0 Å². The lowest BCUT2D eigenvalue weighted by atomic mass is 9.82. The summed E-state index contributed by atoms with van der Waals surface area (Å²) in [5.41, 5.74) is 0.941. The molecule has 1 N–H and O–H groups in total. The van der Waals surface area contributed by atoms with E-state index in [-0.39, 0.29) is 6.10 Å². The van der Waals surface area contributed by atoms with E-state index < -0.39 is 0 Å². The Labute approximate surface area is 118 Å². The molecule has 1 aromatic heterocycles. The fourth-order valence-electron chi connectivity index (χ4n) is 2.61. The van der Waals surface area contributed by atoms with E-state index in [1.54, 1.807) is 0 Å². The van der Waals surface area contributed by atoms with Gasteiger partial charge in [0.1, 0.15) is 0 Å². The first-order chi connectivity index (χ1) is 9.70. The highest BCUT2D eigenvalue weighted by Gasteiger charge is 2.28. The minimum atomic E-state index is -0.0942. The number of hydrogen-bond donors (Lipinski definition) is 1. The Kier molecular flexibility index (Phi) is 3.80. The molecule has 106 valence electrons. The van der Waals surface area contributed by atoms with E-state index in [0.29, 0.717) is 24.2 Å². The van der Waals surface area contributed by atoms with Crippen molar-refractivity contribution in [2.24, 2.45) is 5.92 Å². The summed E-state index contributed by atoms with van der Waals surface area (Å²) in [5, 5.41) is 13.3. The molecule has 1 heterocycles. The molecule has 1 aromatic carbocycles. The molecule has 0 radical (unpaired) electrons. The van der Waals surface area contributed by atoms with E-state index in [1.165, 1.54) is 0 Å². The van der Waals surface area contributed by atoms with E-state index >= 15 is 0 Å². The largest absolute Gasteiger partial charge is 0.393 e. The molecule has 5 nitrogen and oxygen atoms in total. The van der Waals surface area contributed by atoms with Crippen molar-refractivity contribution in [3.63, 3.8) is 0 Å². The van der Waals surface area contributed by atoms with Crippen LogP contribution in [0.15, 0.2) is 34.9 Å². The fraction of sp³-hybridized carbons (Fsp3) is 0.467. The molecule has 0 aliphatic heterocycles. The monoisotopic (exact) mass is 273 g/mol. The average molecular weight is 273 g/mol. The number of hydrogen-bond acceptors (Lipinski definition) is 5. The van der Waals surface area contributed by atoms with E-state index in [0.717, 1.165) is 24.9 Å². The van der Waals surface area contributed by atoms with Gasteiger partial charge in [-0.1, -0.05) is 23.4 Å². The standard InChI is InChI=1S/C15H19N3O2/c1-18(9-11-7-13(19)8-11)10-14-16-15(20-17-14)12-5-3-2-4-6-12/h2-6,11,13,19H,7-10H2,1H3. The van der Waals surface area contributed by atoms with Crippen LogP contribution in [0.2, 0.25) is 0 Å². The third kappa shape index (κ3) is 3.05. The maximum atomic E-state index is 9.29. The summed E-state index contributed by atoms with van der Waals surface area (Å²) in [7, 11) is 2.04. The number of rotatable bonds is 5. The molecule has 1 saturated carbocycles. The molecule has 1 aliphatic carbocycles. The molecule has 20 heavy (non-hydrogen) atoms. The van der Waals surface area contributed by atoms with E-state index in [1.807, 2.05) is 37.4 Å². The molecule has 0 atom stereocenters. The van der Waals surface area contributed by atoms with E-state index in [2.05, 4.69) is 15.0 Å². The lowest BCUT2D eigenvalue weighted by Crippen LogP contribution is -2.36. The smallest absolute Gasteiger partial charge is 0.257 e. The summed E-state index contributed by atoms with van der Waals surface area (Å²) >= 11 is 0. The van der Waals surface area contributed by atoms with Crippen LogP contribution in [0.1, 0.15) is 18.7 Å². The Hall–Kier alpha value is -1.72. The molecular formula is C15H19N3O2. The van der Waals surface area contributed by atoms with Gasteiger partial charge in [-0.3, -0.25) is 4.90 Å². The minimum Gasteiger partial charge on any atom is -0.393 e. The van der Waals surface area contributed by atoms with Crippen molar-refractivity contribution in [1.82, 2.24) is 15.0 Å². The van der Waals surface area contributed by atoms with Gasteiger partial charge in [0.15, 0.2) is 5.82 Å². The number of aliphatic hydroxyl groups excluding tert-OH is 1. The molecule has 1 fully saturated rings. The van der Waals surface area contributed by atoms with Crippen molar-refractivity contribution in [3.05, 3.63) is 36.2 Å². The zero-order valence-corrected chi connectivity index (χ0v) is 11.6. The lowest BCUT2D eigenvalue weighted by Gasteiger charge is -2.34. The predicted molar refractivity (Wildman–Crippen MR) is 74.8 cm³/mol. The summed E-state index contributed by atoms with van der Waals surface area (Å²) in [4.78, 5) is 6.59. The molecular weight excluding hydrogens is 254 g/mol. The zero-order valence-electron chi connectivity index (χ0n) is 11.6. The first-order valence-corrected chi connectivity index (χ1v) is 6.95. The van der Waals surface area contributed by atoms with Crippen molar-refractivity contribution in [1.29, 1.82) is 0 Å². The maximum Gasteiger partial charge on any atom is 0.257 e. The Morgan fingerprint density at radius 3 is 2.75 bits per heavy atom. The number of aliphatic hydroxyl groups is 1. The van der Waals surface area contributed by atoms with Crippen LogP contribution >= 0.6 is 0 Å². The second kappa shape index (κ2) is 5.73. The van der Waals surface area contributed by atoms with Gasteiger partial charge < -0.3 is 9.63 Å². The van der Waals surface area contributed by atoms with E-state index in [9.17, 15) is 5.11 Å². The van der Waals surface area contributed by atoms with Crippen molar-refractivity contribution in [2.45, 2.75) is 25.5 Å². The highest BCUT2D eigenvalue weighted by molar-refractivity contribution is 5.51. The summed E-state index contributed by atoms with van der Waals surface area (Å²) in [6, 6.07) is 9.77. The average Bonchev–Trinajstić information content (AvgIpc) is 2.86. The van der Waals surface area contributed by atoms with Gasteiger partial charge in [-0.25, -0.2) is 0 Å². The van der Waals surface area contributed by atoms with Crippen molar-refractivity contribution in [2.75, 3.05) is 13.6 Å². The molecule has 1 aliphatic rings. The van der Waals surface area contributed by atoms with Gasteiger partial charge in [0.2, 0.25) is 0 Å². The maximum absolute atomic E-state index is 9.29. The summed E-state index contributed by atoms with van der Waals surface area (Å²) in [6.07, 6.45) is 1.72. The SMILES string of the molecule is CN(Cc1noc(-c2ccccc2)n1)CC1CC(O)C1. The summed E-state index contributed by atoms with van der Waals surface area (Å²) in [6.45, 7) is 1.63. The van der Waals surface area contributed by atoms with Crippen molar-refractivity contribution < 1.29 is 9.63 Å². The predicted octanol–water partition coefficient (Wildman–Crippen LogP) is 1.94. The van der Waals surface area contributed by atoms with Crippen LogP contribution < -0.4 is 0 Å². The number of benzene rings is 1. The lowest BCUT2D eigenvalue weighted by molar-refractivity contribution is 0.0270. The quantitative estimate of drug-likeness (QED) is 0.902. The molecule has 0 unspecified atom stereocenters. The van der Waals surface area contributed by atoms with Gasteiger partial charge in [0, 0.05) is 12.1 Å². The first kappa shape index (κ1) is 13.3. The second-order valence-corrected chi connectivity index (χ2v) is 5.57. The van der Waals surface area contributed by atoms with Gasteiger partial charge >= 0.3 is 0 Å². The highest BCUT2D eigenvalue weighted by atomic mass is 16.5. The van der Waals surface area contributed by atoms with Crippen LogP contribution in [-0.4, -0.2) is 39.8 Å². The van der Waals surface area contributed by atoms with Gasteiger partial charge in [0.05, 0.1) is 12.6 Å². The molecule has 3 rings (SSSR count). The third-order valence-electron chi connectivity index (χ3n) is 3.68. The van der Waals surface area contributed by atoms with Crippen molar-refractivity contribution >= 4 is 0 Å². The zero-order chi connectivity index (χ0) is 13.9. The Morgan fingerprint density at radius 2 is 2.05 bits per heavy atom. The Bertz CT molecular complexity index is 549. The minimum absolute atomic E-state index is 0.0942. The van der Waals surface area contributed by atoms with Gasteiger partial charge in [-0.2, -0.15) is 4.98 Å². The van der Waals surface area contributed by atoms with E-state index in [4.69, 9.17) is 4.52 Å². The molecule has 2 aromatic rings. The summed E-state index contributed by atoms with van der Waals surface area (Å²) in [5.74, 6) is 1.86. The van der Waals surface area contributed by atoms with Gasteiger partial charge in [0.25, 0.3) is 5.89 Å². The van der Waals surface area contributed by atoms with Crippen LogP contribution in [0.25, 0.3) is 11.5 Å². The molecule has 0 amide bonds. The number of aromatic nitrogens is 2. The van der Waals surface area contributed by atoms with Gasteiger partial charge in [-0.15, -0.1) is 0 Å². The first-order valence-electron chi connectivity index (χ1n) is 6.95. The second-order valence-electron chi connectivity index (χ2n) is 5.57. The Balaban J connectivity index is 1.57. The normalized spacial score (nSPS) is 21.9. The fourth-order valence-corrected chi connectivity index (χ4v) is 2.61. The molecule has 0 spiro atoms. The van der Waals surface area contributed by atoms with Gasteiger partial charge in [-0.05, 0) is 37.9 Å². The molecule has 0 saturated heterocycles. The van der Waals surface area contributed by atoms with Crippen LogP contribution in [-0.2, 0) is 6.54 Å². The third-order valence-corrected chi connectivity index (χ3v) is 3.68. The summed E-state index contributed by atoms with van der Waals surface area (Å²) < 4.78 is 5.29. The molecule has 0 bridgehead atoms. The topological polar surface area (TPSA) is 62.4 Å². The number of nitrogens with zero attached hydrogens (tertiary/aromatic N) is 3. The molecule has 5 heteroatoms. The van der Waals surface area contributed by atoms with Crippen molar-refractivity contribution in [3.8, 4) is 11.5 Å².